The number of amides is 1. The number of nitrogens with zero attached hydrogens (tertiary/aromatic N) is 3. The van der Waals surface area contributed by atoms with Gasteiger partial charge in [0.05, 0.1) is 12.4 Å². The van der Waals surface area contributed by atoms with E-state index in [1.54, 1.807) is 6.20 Å². The summed E-state index contributed by atoms with van der Waals surface area (Å²) in [5, 5.41) is 3.15. The van der Waals surface area contributed by atoms with Crippen LogP contribution in [-0.4, -0.2) is 39.9 Å². The summed E-state index contributed by atoms with van der Waals surface area (Å²) >= 11 is 0. The minimum atomic E-state index is -0.0514. The van der Waals surface area contributed by atoms with Crippen LogP contribution in [-0.2, 0) is 0 Å². The molecule has 1 unspecified atom stereocenters. The Balaban J connectivity index is 2.85. The van der Waals surface area contributed by atoms with E-state index in [-0.39, 0.29) is 11.9 Å². The van der Waals surface area contributed by atoms with Crippen LogP contribution in [0.2, 0.25) is 0 Å². The van der Waals surface area contributed by atoms with E-state index < -0.39 is 0 Å². The van der Waals surface area contributed by atoms with E-state index in [2.05, 4.69) is 29.1 Å². The van der Waals surface area contributed by atoms with Gasteiger partial charge in [-0.15, -0.1) is 0 Å². The molecule has 1 amide bonds. The van der Waals surface area contributed by atoms with Crippen molar-refractivity contribution in [1.82, 2.24) is 14.9 Å². The number of hydrogen-bond donors (Lipinski definition) is 1. The maximum atomic E-state index is 12.4. The summed E-state index contributed by atoms with van der Waals surface area (Å²) < 4.78 is 0. The summed E-state index contributed by atoms with van der Waals surface area (Å²) in [6, 6.07) is 0.214. The van der Waals surface area contributed by atoms with E-state index >= 15 is 0 Å². The normalized spacial score (nSPS) is 12.0. The molecule has 0 saturated carbocycles. The van der Waals surface area contributed by atoms with Crippen molar-refractivity contribution in [3.05, 3.63) is 18.1 Å². The van der Waals surface area contributed by atoms with Crippen molar-refractivity contribution in [2.75, 3.05) is 18.4 Å². The van der Waals surface area contributed by atoms with Crippen molar-refractivity contribution in [2.24, 2.45) is 0 Å². The Hall–Kier alpha value is -1.65. The Labute approximate surface area is 115 Å². The maximum Gasteiger partial charge on any atom is 0.274 e. The van der Waals surface area contributed by atoms with Crippen LogP contribution in [0.1, 0.15) is 51.0 Å². The maximum absolute atomic E-state index is 12.4. The van der Waals surface area contributed by atoms with Crippen LogP contribution in [0.25, 0.3) is 0 Å². The molecular weight excluding hydrogens is 240 g/mol. The Morgan fingerprint density at radius 1 is 1.37 bits per heavy atom. The van der Waals surface area contributed by atoms with E-state index in [4.69, 9.17) is 0 Å². The molecule has 0 saturated heterocycles. The molecule has 1 aromatic heterocycles. The highest BCUT2D eigenvalue weighted by Gasteiger charge is 2.20. The van der Waals surface area contributed by atoms with Gasteiger partial charge in [0.1, 0.15) is 11.5 Å². The van der Waals surface area contributed by atoms with Gasteiger partial charge in [-0.05, 0) is 26.7 Å². The molecule has 106 valence electrons. The van der Waals surface area contributed by atoms with Crippen LogP contribution < -0.4 is 5.32 Å². The van der Waals surface area contributed by atoms with Gasteiger partial charge in [-0.2, -0.15) is 0 Å². The van der Waals surface area contributed by atoms with Gasteiger partial charge < -0.3 is 10.2 Å². The number of rotatable bonds is 7. The molecule has 1 atom stereocenters. The largest absolute Gasteiger partial charge is 0.369 e. The predicted molar refractivity (Wildman–Crippen MR) is 77.3 cm³/mol. The second kappa shape index (κ2) is 7.71. The Morgan fingerprint density at radius 3 is 2.68 bits per heavy atom. The summed E-state index contributed by atoms with van der Waals surface area (Å²) in [7, 11) is 0. The second-order valence-corrected chi connectivity index (χ2v) is 4.56. The predicted octanol–water partition coefficient (Wildman–Crippen LogP) is 2.56. The lowest BCUT2D eigenvalue weighted by Crippen LogP contribution is -2.38. The van der Waals surface area contributed by atoms with E-state index in [1.807, 2.05) is 18.7 Å². The van der Waals surface area contributed by atoms with Gasteiger partial charge in [0, 0.05) is 19.1 Å². The van der Waals surface area contributed by atoms with Crippen molar-refractivity contribution in [1.29, 1.82) is 0 Å². The van der Waals surface area contributed by atoms with Gasteiger partial charge in [0.15, 0.2) is 0 Å². The summed E-state index contributed by atoms with van der Waals surface area (Å²) in [5.41, 5.74) is 0.406. The fourth-order valence-corrected chi connectivity index (χ4v) is 1.83. The summed E-state index contributed by atoms with van der Waals surface area (Å²) in [4.78, 5) is 22.6. The average Bonchev–Trinajstić information content (AvgIpc) is 2.45. The van der Waals surface area contributed by atoms with Crippen molar-refractivity contribution in [3.8, 4) is 0 Å². The highest BCUT2D eigenvalue weighted by molar-refractivity contribution is 5.92. The van der Waals surface area contributed by atoms with Crippen LogP contribution in [0.4, 0.5) is 5.82 Å². The number of carbonyl (C=O) groups excluding carboxylic acids is 1. The number of carbonyl (C=O) groups is 1. The third kappa shape index (κ3) is 4.19. The van der Waals surface area contributed by atoms with E-state index in [0.717, 1.165) is 19.4 Å². The van der Waals surface area contributed by atoms with Crippen LogP contribution >= 0.6 is 0 Å². The van der Waals surface area contributed by atoms with Gasteiger partial charge >= 0.3 is 0 Å². The first-order valence-electron chi connectivity index (χ1n) is 7.00. The second-order valence-electron chi connectivity index (χ2n) is 4.56. The van der Waals surface area contributed by atoms with Crippen LogP contribution in [0.3, 0.4) is 0 Å². The molecule has 1 N–H and O–H groups in total. The van der Waals surface area contributed by atoms with Crippen molar-refractivity contribution in [2.45, 2.75) is 46.6 Å². The first kappa shape index (κ1) is 15.4. The monoisotopic (exact) mass is 264 g/mol. The summed E-state index contributed by atoms with van der Waals surface area (Å²) in [5.74, 6) is 0.609. The molecule has 0 radical (unpaired) electrons. The zero-order valence-electron chi connectivity index (χ0n) is 12.3. The van der Waals surface area contributed by atoms with Crippen molar-refractivity contribution >= 4 is 11.7 Å². The highest BCUT2D eigenvalue weighted by atomic mass is 16.2. The fraction of sp³-hybridized carbons (Fsp3) is 0.643. The molecule has 1 aromatic rings. The van der Waals surface area contributed by atoms with E-state index in [1.165, 1.54) is 6.20 Å². The zero-order chi connectivity index (χ0) is 14.3. The van der Waals surface area contributed by atoms with Crippen molar-refractivity contribution < 1.29 is 4.79 Å². The van der Waals surface area contributed by atoms with Gasteiger partial charge in [-0.25, -0.2) is 4.98 Å². The number of aromatic nitrogens is 2. The molecule has 0 bridgehead atoms. The lowest BCUT2D eigenvalue weighted by atomic mass is 10.2. The fourth-order valence-electron chi connectivity index (χ4n) is 1.83. The average molecular weight is 264 g/mol. The van der Waals surface area contributed by atoms with Crippen molar-refractivity contribution in [3.63, 3.8) is 0 Å². The highest BCUT2D eigenvalue weighted by Crippen LogP contribution is 2.10. The van der Waals surface area contributed by atoms with Crippen LogP contribution in [0.15, 0.2) is 12.4 Å². The van der Waals surface area contributed by atoms with Gasteiger partial charge in [-0.1, -0.05) is 13.8 Å². The zero-order valence-corrected chi connectivity index (χ0v) is 12.3. The number of anilines is 1. The molecule has 0 aliphatic heterocycles. The minimum Gasteiger partial charge on any atom is -0.369 e. The quantitative estimate of drug-likeness (QED) is 0.822. The molecule has 1 rings (SSSR count). The summed E-state index contributed by atoms with van der Waals surface area (Å²) in [6.07, 6.45) is 5.12. The van der Waals surface area contributed by atoms with E-state index in [9.17, 15) is 4.79 Å². The topological polar surface area (TPSA) is 58.1 Å². The molecule has 5 nitrogen and oxygen atoms in total. The minimum absolute atomic E-state index is 0.0514. The molecule has 0 aliphatic rings. The Bertz CT molecular complexity index is 408. The first-order valence-corrected chi connectivity index (χ1v) is 7.00. The third-order valence-corrected chi connectivity index (χ3v) is 3.13. The molecule has 5 heteroatoms. The molecule has 19 heavy (non-hydrogen) atoms. The lowest BCUT2D eigenvalue weighted by Gasteiger charge is -2.26. The van der Waals surface area contributed by atoms with Gasteiger partial charge in [-0.3, -0.25) is 9.78 Å². The Kier molecular flexibility index (Phi) is 6.25. The number of nitrogens with one attached hydrogen (secondary N) is 1. The lowest BCUT2D eigenvalue weighted by molar-refractivity contribution is 0.0693. The Morgan fingerprint density at radius 2 is 2.11 bits per heavy atom. The van der Waals surface area contributed by atoms with Gasteiger partial charge in [0.25, 0.3) is 5.91 Å². The van der Waals surface area contributed by atoms with Crippen LogP contribution in [0, 0.1) is 0 Å². The summed E-state index contributed by atoms with van der Waals surface area (Å²) in [6.45, 7) is 9.70. The molecule has 0 fully saturated rings. The molecule has 0 spiro atoms. The molecule has 0 aromatic carbocycles. The first-order chi connectivity index (χ1) is 9.13. The smallest absolute Gasteiger partial charge is 0.274 e. The third-order valence-electron chi connectivity index (χ3n) is 3.13. The number of hydrogen-bond acceptors (Lipinski definition) is 4. The van der Waals surface area contributed by atoms with Gasteiger partial charge in [0.2, 0.25) is 0 Å². The molecular formula is C14H24N4O. The van der Waals surface area contributed by atoms with E-state index in [0.29, 0.717) is 18.1 Å². The SMILES string of the molecule is CCCNc1cncc(C(=O)N(CC)C(C)CC)n1. The molecule has 0 aliphatic carbocycles. The molecule has 1 heterocycles. The van der Waals surface area contributed by atoms with Crippen LogP contribution in [0.5, 0.6) is 0 Å². The standard InChI is InChI=1S/C14H24N4O/c1-5-8-16-13-10-15-9-12(17-13)14(19)18(7-3)11(4)6-2/h9-11H,5-8H2,1-4H3,(H,16,17).